The minimum atomic E-state index is -1.85. The second-order valence-corrected chi connectivity index (χ2v) is 9.02. The molecule has 0 aliphatic heterocycles. The molecule has 0 fully saturated rings. The van der Waals surface area contributed by atoms with Gasteiger partial charge in [0.2, 0.25) is 11.8 Å². The van der Waals surface area contributed by atoms with E-state index in [1.807, 2.05) is 31.3 Å². The summed E-state index contributed by atoms with van der Waals surface area (Å²) in [4.78, 5) is 31.5. The normalized spacial score (nSPS) is 12.7. The van der Waals surface area contributed by atoms with Crippen molar-refractivity contribution in [2.75, 3.05) is 7.05 Å². The molecule has 0 saturated carbocycles. The van der Waals surface area contributed by atoms with Gasteiger partial charge in [-0.3, -0.25) is 14.5 Å². The lowest BCUT2D eigenvalue weighted by Crippen LogP contribution is -2.50. The number of hydroxylamine groups is 2. The predicted molar refractivity (Wildman–Crippen MR) is 142 cm³/mol. The number of aromatic nitrogens is 3. The average Bonchev–Trinajstić information content (AvgIpc) is 3.39. The van der Waals surface area contributed by atoms with Gasteiger partial charge in [-0.15, -0.1) is 0 Å². The van der Waals surface area contributed by atoms with Gasteiger partial charge in [-0.05, 0) is 42.8 Å². The van der Waals surface area contributed by atoms with Crippen LogP contribution in [0.25, 0.3) is 5.82 Å². The molecule has 2 heterocycles. The van der Waals surface area contributed by atoms with E-state index in [2.05, 4.69) is 27.1 Å². The van der Waals surface area contributed by atoms with Crippen molar-refractivity contribution in [1.29, 1.82) is 0 Å². The molecule has 0 spiro atoms. The van der Waals surface area contributed by atoms with Gasteiger partial charge in [-0.25, -0.2) is 9.67 Å². The molecule has 196 valence electrons. The molecule has 0 radical (unpaired) electrons. The van der Waals surface area contributed by atoms with Gasteiger partial charge in [0, 0.05) is 25.5 Å². The summed E-state index contributed by atoms with van der Waals surface area (Å²) in [6.45, 7) is 1.28. The molecule has 4 aromatic rings. The minimum Gasteiger partial charge on any atom is -0.756 e. The van der Waals surface area contributed by atoms with Crippen molar-refractivity contribution in [3.63, 3.8) is 0 Å². The van der Waals surface area contributed by atoms with Gasteiger partial charge in [0.05, 0.1) is 17.3 Å². The van der Waals surface area contributed by atoms with E-state index in [9.17, 15) is 19.9 Å². The van der Waals surface area contributed by atoms with Gasteiger partial charge >= 0.3 is 0 Å². The zero-order valence-corrected chi connectivity index (χ0v) is 20.9. The number of amides is 2. The van der Waals surface area contributed by atoms with Crippen LogP contribution in [0.1, 0.15) is 27.2 Å². The predicted octanol–water partition coefficient (Wildman–Crippen LogP) is 2.30. The number of primary amides is 1. The van der Waals surface area contributed by atoms with Gasteiger partial charge in [0.1, 0.15) is 0 Å². The van der Waals surface area contributed by atoms with Crippen molar-refractivity contribution >= 4 is 11.8 Å². The molecule has 4 rings (SSSR count). The smallest absolute Gasteiger partial charge is 0.248 e. The largest absolute Gasteiger partial charge is 0.756 e. The van der Waals surface area contributed by atoms with Gasteiger partial charge in [-0.1, -0.05) is 60.7 Å². The van der Waals surface area contributed by atoms with E-state index in [1.54, 1.807) is 36.5 Å². The first-order chi connectivity index (χ1) is 18.3. The Kier molecular flexibility index (Phi) is 8.59. The lowest BCUT2D eigenvalue weighted by atomic mass is 10.00. The number of hydrogen-bond donors (Lipinski definition) is 2. The number of carbonyl (C=O) groups excluding carboxylic acids is 2. The number of carbonyl (C=O) groups is 2. The Hall–Kier alpha value is -4.38. The highest BCUT2D eigenvalue weighted by atomic mass is 16.5. The van der Waals surface area contributed by atoms with E-state index in [4.69, 9.17) is 5.73 Å². The summed E-state index contributed by atoms with van der Waals surface area (Å²) in [5.41, 5.74) is 7.84. The highest BCUT2D eigenvalue weighted by Crippen LogP contribution is 2.19. The Balaban J connectivity index is 1.54. The number of hydrogen-bond acceptors (Lipinski definition) is 7. The lowest BCUT2D eigenvalue weighted by molar-refractivity contribution is -0.128. The monoisotopic (exact) mass is 513 g/mol. The third-order valence-electron chi connectivity index (χ3n) is 6.05. The Morgan fingerprint density at radius 2 is 1.63 bits per heavy atom. The molecule has 2 aromatic heterocycles. The second-order valence-electron chi connectivity index (χ2n) is 9.02. The van der Waals surface area contributed by atoms with Crippen LogP contribution in [0.4, 0.5) is 0 Å². The van der Waals surface area contributed by atoms with Crippen molar-refractivity contribution in [3.8, 4) is 5.82 Å². The Bertz CT molecular complexity index is 1360. The van der Waals surface area contributed by atoms with Crippen molar-refractivity contribution < 1.29 is 14.7 Å². The van der Waals surface area contributed by atoms with Crippen LogP contribution in [0.2, 0.25) is 0 Å². The quantitative estimate of drug-likeness (QED) is 0.293. The summed E-state index contributed by atoms with van der Waals surface area (Å²) in [5.74, 6) is -1.91. The first-order valence-electron chi connectivity index (χ1n) is 12.1. The molecule has 2 aromatic carbocycles. The van der Waals surface area contributed by atoms with Crippen LogP contribution in [-0.4, -0.2) is 60.8 Å². The van der Waals surface area contributed by atoms with Crippen molar-refractivity contribution in [2.45, 2.75) is 31.7 Å². The summed E-state index contributed by atoms with van der Waals surface area (Å²) < 4.78 is 1.43. The second kappa shape index (κ2) is 12.2. The third kappa shape index (κ3) is 6.48. The van der Waals surface area contributed by atoms with Crippen molar-refractivity contribution in [2.24, 2.45) is 5.73 Å². The highest BCUT2D eigenvalue weighted by molar-refractivity contribution is 5.98. The molecule has 2 unspecified atom stereocenters. The molecule has 10 nitrogen and oxygen atoms in total. The molecule has 0 bridgehead atoms. The van der Waals surface area contributed by atoms with Gasteiger partial charge in [-0.2, -0.15) is 5.10 Å². The van der Waals surface area contributed by atoms with Gasteiger partial charge in [0.15, 0.2) is 11.9 Å². The fourth-order valence-corrected chi connectivity index (χ4v) is 4.18. The van der Waals surface area contributed by atoms with Crippen molar-refractivity contribution in [3.05, 3.63) is 119 Å². The van der Waals surface area contributed by atoms with Gasteiger partial charge in [0.25, 0.3) is 0 Å². The van der Waals surface area contributed by atoms with E-state index >= 15 is 0 Å². The summed E-state index contributed by atoms with van der Waals surface area (Å²) in [6.07, 6.45) is 1.24. The molecular formula is C28H29N6O4-. The van der Waals surface area contributed by atoms with E-state index in [-0.39, 0.29) is 22.9 Å². The minimum absolute atomic E-state index is 0.0236. The maximum atomic E-state index is 13.3. The maximum Gasteiger partial charge on any atom is 0.248 e. The number of nitrogens with zero attached hydrogens (tertiary/aromatic N) is 5. The topological polar surface area (TPSA) is 141 Å². The molecule has 10 heteroatoms. The molecule has 38 heavy (non-hydrogen) atoms. The summed E-state index contributed by atoms with van der Waals surface area (Å²) in [6, 6.07) is 22.2. The van der Waals surface area contributed by atoms with Crippen LogP contribution >= 0.6 is 0 Å². The van der Waals surface area contributed by atoms with Crippen LogP contribution in [0.5, 0.6) is 0 Å². The molecule has 0 saturated heterocycles. The van der Waals surface area contributed by atoms with Crippen LogP contribution < -0.4 is 5.73 Å². The number of pyridine rings is 1. The molecule has 2 atom stereocenters. The fraction of sp³-hybridized carbons (Fsp3) is 0.214. The zero-order chi connectivity index (χ0) is 27.1. The number of aliphatic hydroxyl groups is 1. The van der Waals surface area contributed by atoms with Crippen LogP contribution in [-0.2, 0) is 24.3 Å². The number of benzene rings is 2. The molecule has 3 N–H and O–H groups in total. The SMILES string of the molecule is CN(Cc1ccccc1)Cc1ccn(-c2ncccc2C(=O)N([O-])C(Cc2ccccc2)C(O)C(N)=O)n1. The van der Waals surface area contributed by atoms with E-state index in [1.165, 1.54) is 28.6 Å². The summed E-state index contributed by atoms with van der Waals surface area (Å²) >= 11 is 0. The molecular weight excluding hydrogens is 484 g/mol. The lowest BCUT2D eigenvalue weighted by Gasteiger charge is -2.39. The molecule has 2 amide bonds. The number of nitrogens with two attached hydrogens (primary N) is 1. The maximum absolute atomic E-state index is 13.3. The summed E-state index contributed by atoms with van der Waals surface area (Å²) in [7, 11) is 1.98. The standard InChI is InChI=1S/C28H29N6O4/c1-32(18-21-11-6-3-7-12-21)19-22-14-16-33(31-22)27-23(13-8-15-30-27)28(37)34(38)24(25(35)26(29)36)17-20-9-4-2-5-10-20/h2-16,24-25,35H,17-19H2,1H3,(H2,29,36)/q-1. The zero-order valence-electron chi connectivity index (χ0n) is 20.9. The van der Waals surface area contributed by atoms with Crippen molar-refractivity contribution in [1.82, 2.24) is 24.7 Å². The Morgan fingerprint density at radius 1 is 0.974 bits per heavy atom. The first-order valence-corrected chi connectivity index (χ1v) is 12.1. The summed E-state index contributed by atoms with van der Waals surface area (Å²) in [5, 5.41) is 28.3. The van der Waals surface area contributed by atoms with Crippen LogP contribution in [0.3, 0.4) is 0 Å². The van der Waals surface area contributed by atoms with E-state index in [0.717, 1.165) is 12.2 Å². The first kappa shape index (κ1) is 26.7. The highest BCUT2D eigenvalue weighted by Gasteiger charge is 2.30. The average molecular weight is 514 g/mol. The molecule has 0 aliphatic rings. The van der Waals surface area contributed by atoms with Crippen LogP contribution in [0.15, 0.2) is 91.3 Å². The number of aliphatic hydroxyl groups excluding tert-OH is 1. The molecule has 0 aliphatic carbocycles. The number of rotatable bonds is 11. The van der Waals surface area contributed by atoms with E-state index < -0.39 is 24.0 Å². The van der Waals surface area contributed by atoms with Gasteiger partial charge < -0.3 is 21.1 Å². The fourth-order valence-electron chi connectivity index (χ4n) is 4.18. The van der Waals surface area contributed by atoms with Crippen LogP contribution in [0, 0.1) is 5.21 Å². The Morgan fingerprint density at radius 3 is 2.29 bits per heavy atom. The Labute approximate surface area is 220 Å². The third-order valence-corrected chi connectivity index (χ3v) is 6.05. The van der Waals surface area contributed by atoms with E-state index in [0.29, 0.717) is 12.1 Å².